The Bertz CT molecular complexity index is 1080. The Kier molecular flexibility index (Phi) is 5.49. The van der Waals surface area contributed by atoms with Crippen LogP contribution < -0.4 is 0 Å². The molecule has 1 nitrogen and oxygen atoms in total. The van der Waals surface area contributed by atoms with E-state index in [0.29, 0.717) is 0 Å². The molecule has 0 spiro atoms. The Morgan fingerprint density at radius 2 is 1.75 bits per heavy atom. The third kappa shape index (κ3) is 4.27. The van der Waals surface area contributed by atoms with E-state index < -0.39 is 0 Å². The molecule has 3 aromatic rings. The number of aryl methyl sites for hydroxylation is 1. The molecule has 0 radical (unpaired) electrons. The lowest BCUT2D eigenvalue weighted by molar-refractivity contribution is 0.101. The zero-order chi connectivity index (χ0) is 19.6. The summed E-state index contributed by atoms with van der Waals surface area (Å²) in [4.78, 5) is 11.4. The molecule has 0 aromatic heterocycles. The van der Waals surface area contributed by atoms with E-state index >= 15 is 0 Å². The molecule has 2 heteroatoms. The van der Waals surface area contributed by atoms with Crippen molar-refractivity contribution in [1.82, 2.24) is 0 Å². The SMILES string of the molecule is CC(=O)c1ccc(CCC2(I)C=CC(c3ccc4ccccc4c3)=CC2)cc1. The van der Waals surface area contributed by atoms with Gasteiger partial charge in [-0.05, 0) is 59.7 Å². The number of alkyl halides is 1. The van der Waals surface area contributed by atoms with Crippen molar-refractivity contribution in [1.29, 1.82) is 0 Å². The van der Waals surface area contributed by atoms with E-state index in [-0.39, 0.29) is 9.20 Å². The van der Waals surface area contributed by atoms with Crippen LogP contribution >= 0.6 is 22.6 Å². The Hall–Kier alpha value is -2.20. The van der Waals surface area contributed by atoms with E-state index in [1.807, 2.05) is 12.1 Å². The number of allylic oxidation sites excluding steroid dienone is 4. The van der Waals surface area contributed by atoms with Gasteiger partial charge >= 0.3 is 0 Å². The van der Waals surface area contributed by atoms with Gasteiger partial charge in [-0.2, -0.15) is 0 Å². The zero-order valence-electron chi connectivity index (χ0n) is 16.0. The van der Waals surface area contributed by atoms with E-state index in [4.69, 9.17) is 0 Å². The molecule has 1 aliphatic rings. The van der Waals surface area contributed by atoms with Crippen molar-refractivity contribution in [2.45, 2.75) is 29.6 Å². The Morgan fingerprint density at radius 3 is 2.43 bits per heavy atom. The summed E-state index contributed by atoms with van der Waals surface area (Å²) in [5.41, 5.74) is 4.67. The molecule has 0 heterocycles. The minimum absolute atomic E-state index is 0.124. The maximum atomic E-state index is 11.4. The molecule has 1 unspecified atom stereocenters. The van der Waals surface area contributed by atoms with Crippen LogP contribution in [0.2, 0.25) is 0 Å². The van der Waals surface area contributed by atoms with Crippen LogP contribution in [0.25, 0.3) is 16.3 Å². The van der Waals surface area contributed by atoms with Crippen LogP contribution in [0.4, 0.5) is 0 Å². The van der Waals surface area contributed by atoms with Gasteiger partial charge in [-0.3, -0.25) is 4.79 Å². The molecule has 0 saturated carbocycles. The van der Waals surface area contributed by atoms with E-state index in [1.165, 1.54) is 27.5 Å². The smallest absolute Gasteiger partial charge is 0.159 e. The standard InChI is InChI=1S/C26H23IO/c1-19(28)21-8-6-20(7-9-21)12-15-26(27)16-13-23(14-17-26)25-11-10-22-4-2-3-5-24(22)18-25/h2-11,13-14,16,18H,12,15,17H2,1H3. The van der Waals surface area contributed by atoms with Gasteiger partial charge in [0.2, 0.25) is 0 Å². The fourth-order valence-electron chi connectivity index (χ4n) is 3.68. The predicted molar refractivity (Wildman–Crippen MR) is 127 cm³/mol. The van der Waals surface area contributed by atoms with E-state index in [9.17, 15) is 4.79 Å². The second kappa shape index (κ2) is 8.04. The largest absolute Gasteiger partial charge is 0.295 e. The fraction of sp³-hybridized carbons (Fsp3) is 0.192. The molecule has 4 rings (SSSR count). The van der Waals surface area contributed by atoms with Gasteiger partial charge in [0, 0.05) is 8.99 Å². The first-order valence-corrected chi connectivity index (χ1v) is 10.8. The molecule has 0 saturated heterocycles. The average Bonchev–Trinajstić information content (AvgIpc) is 2.73. The minimum Gasteiger partial charge on any atom is -0.295 e. The van der Waals surface area contributed by atoms with Crippen LogP contribution in [-0.2, 0) is 6.42 Å². The highest BCUT2D eigenvalue weighted by Gasteiger charge is 2.24. The number of halogens is 1. The second-order valence-corrected chi connectivity index (χ2v) is 9.69. The lowest BCUT2D eigenvalue weighted by Gasteiger charge is -2.26. The van der Waals surface area contributed by atoms with Gasteiger partial charge in [0.1, 0.15) is 0 Å². The highest BCUT2D eigenvalue weighted by atomic mass is 127. The fourth-order valence-corrected chi connectivity index (χ4v) is 4.35. The quantitative estimate of drug-likeness (QED) is 0.216. The summed E-state index contributed by atoms with van der Waals surface area (Å²) in [6, 6.07) is 23.2. The third-order valence-corrected chi connectivity index (χ3v) is 6.83. The number of Topliss-reactive ketones (excluding diaryl/α,β-unsaturated/α-hetero) is 1. The van der Waals surface area contributed by atoms with Gasteiger partial charge in [0.25, 0.3) is 0 Å². The highest BCUT2D eigenvalue weighted by molar-refractivity contribution is 14.1. The van der Waals surface area contributed by atoms with Gasteiger partial charge in [0.05, 0.1) is 0 Å². The lowest BCUT2D eigenvalue weighted by atomic mass is 9.88. The normalized spacial score (nSPS) is 18.9. The highest BCUT2D eigenvalue weighted by Crippen LogP contribution is 2.37. The van der Waals surface area contributed by atoms with Gasteiger partial charge in [-0.1, -0.05) is 101 Å². The van der Waals surface area contributed by atoms with Gasteiger partial charge in [0.15, 0.2) is 5.78 Å². The average molecular weight is 478 g/mol. The maximum absolute atomic E-state index is 11.4. The van der Waals surface area contributed by atoms with E-state index in [1.54, 1.807) is 6.92 Å². The van der Waals surface area contributed by atoms with E-state index in [2.05, 4.69) is 95.4 Å². The number of hydrogen-bond acceptors (Lipinski definition) is 1. The molecule has 0 amide bonds. The van der Waals surface area contributed by atoms with Gasteiger partial charge in [-0.15, -0.1) is 0 Å². The molecule has 1 atom stereocenters. The number of rotatable bonds is 5. The lowest BCUT2D eigenvalue weighted by Crippen LogP contribution is -2.19. The second-order valence-electron chi connectivity index (χ2n) is 7.55. The summed E-state index contributed by atoms with van der Waals surface area (Å²) < 4.78 is 0.150. The first-order chi connectivity index (χ1) is 13.5. The summed E-state index contributed by atoms with van der Waals surface area (Å²) in [6.07, 6.45) is 10.2. The number of carbonyl (C=O) groups excluding carboxylic acids is 1. The molecule has 0 bridgehead atoms. The topological polar surface area (TPSA) is 17.1 Å². The Balaban J connectivity index is 1.43. The van der Waals surface area contributed by atoms with Crippen LogP contribution in [0.3, 0.4) is 0 Å². The molecule has 140 valence electrons. The van der Waals surface area contributed by atoms with Gasteiger partial charge < -0.3 is 0 Å². The summed E-state index contributed by atoms with van der Waals surface area (Å²) in [7, 11) is 0. The van der Waals surface area contributed by atoms with Crippen molar-refractivity contribution in [3.63, 3.8) is 0 Å². The number of benzene rings is 3. The molecular weight excluding hydrogens is 455 g/mol. The van der Waals surface area contributed by atoms with Crippen LogP contribution in [-0.4, -0.2) is 9.20 Å². The van der Waals surface area contributed by atoms with Crippen molar-refractivity contribution >= 4 is 44.7 Å². The molecule has 1 aliphatic carbocycles. The first-order valence-electron chi connectivity index (χ1n) is 9.70. The maximum Gasteiger partial charge on any atom is 0.159 e. The van der Waals surface area contributed by atoms with Crippen molar-refractivity contribution in [2.75, 3.05) is 0 Å². The number of carbonyl (C=O) groups is 1. The number of hydrogen-bond donors (Lipinski definition) is 0. The minimum atomic E-state index is 0.124. The summed E-state index contributed by atoms with van der Waals surface area (Å²) in [5.74, 6) is 0.124. The molecule has 0 aliphatic heterocycles. The van der Waals surface area contributed by atoms with Crippen LogP contribution in [0.1, 0.15) is 41.3 Å². The monoisotopic (exact) mass is 478 g/mol. The van der Waals surface area contributed by atoms with Crippen LogP contribution in [0.15, 0.2) is 85.0 Å². The van der Waals surface area contributed by atoms with E-state index in [0.717, 1.165) is 24.8 Å². The van der Waals surface area contributed by atoms with Crippen molar-refractivity contribution in [2.24, 2.45) is 0 Å². The number of ketones is 1. The summed E-state index contributed by atoms with van der Waals surface area (Å²) in [6.45, 7) is 1.61. The first kappa shape index (κ1) is 19.1. The van der Waals surface area contributed by atoms with Crippen molar-refractivity contribution in [3.05, 3.63) is 102 Å². The third-order valence-electron chi connectivity index (χ3n) is 5.50. The van der Waals surface area contributed by atoms with Gasteiger partial charge in [-0.25, -0.2) is 0 Å². The van der Waals surface area contributed by atoms with Crippen molar-refractivity contribution < 1.29 is 4.79 Å². The molecule has 3 aromatic carbocycles. The number of fused-ring (bicyclic) bond motifs is 1. The van der Waals surface area contributed by atoms with Crippen molar-refractivity contribution in [3.8, 4) is 0 Å². The molecule has 0 fully saturated rings. The zero-order valence-corrected chi connectivity index (χ0v) is 18.1. The summed E-state index contributed by atoms with van der Waals surface area (Å²) in [5, 5.41) is 2.57. The predicted octanol–water partition coefficient (Wildman–Crippen LogP) is 7.19. The summed E-state index contributed by atoms with van der Waals surface area (Å²) >= 11 is 2.59. The Morgan fingerprint density at radius 1 is 1.00 bits per heavy atom. The molecular formula is C26H23IO. The molecule has 28 heavy (non-hydrogen) atoms. The van der Waals surface area contributed by atoms with Crippen LogP contribution in [0.5, 0.6) is 0 Å². The molecule has 0 N–H and O–H groups in total. The Labute approximate surface area is 180 Å². The van der Waals surface area contributed by atoms with Crippen LogP contribution in [0, 0.1) is 0 Å².